The average molecular weight is 317 g/mol. The summed E-state index contributed by atoms with van der Waals surface area (Å²) in [5, 5.41) is 0.788. The number of benzene rings is 1. The number of hydrogen-bond acceptors (Lipinski definition) is 3. The van der Waals surface area contributed by atoms with Crippen LogP contribution in [0.4, 0.5) is 0 Å². The van der Waals surface area contributed by atoms with Gasteiger partial charge in [-0.15, -0.1) is 0 Å². The maximum absolute atomic E-state index is 12.6. The van der Waals surface area contributed by atoms with Crippen molar-refractivity contribution in [3.05, 3.63) is 27.7 Å². The van der Waals surface area contributed by atoms with Crippen LogP contribution in [0.1, 0.15) is 37.0 Å². The lowest BCUT2D eigenvalue weighted by atomic mass is 9.90. The molecule has 2 unspecified atom stereocenters. The van der Waals surface area contributed by atoms with E-state index < -0.39 is 0 Å². The molecule has 1 fully saturated rings. The van der Waals surface area contributed by atoms with E-state index in [2.05, 4.69) is 0 Å². The minimum atomic E-state index is -0.133. The summed E-state index contributed by atoms with van der Waals surface area (Å²) in [6.07, 6.45) is 1.53. The zero-order valence-corrected chi connectivity index (χ0v) is 13.1. The third-order valence-electron chi connectivity index (χ3n) is 3.54. The monoisotopic (exact) mass is 316 g/mol. The van der Waals surface area contributed by atoms with E-state index in [-0.39, 0.29) is 17.8 Å². The molecule has 0 bridgehead atoms. The molecule has 1 heterocycles. The highest BCUT2D eigenvalue weighted by Crippen LogP contribution is 2.35. The number of carbonyl (C=O) groups is 1. The quantitative estimate of drug-likeness (QED) is 0.756. The fourth-order valence-electron chi connectivity index (χ4n) is 2.53. The minimum Gasteiger partial charge on any atom is -0.492 e. The largest absolute Gasteiger partial charge is 0.492 e. The topological polar surface area (TPSA) is 35.5 Å². The first kappa shape index (κ1) is 15.6. The Morgan fingerprint density at radius 3 is 2.75 bits per heavy atom. The zero-order valence-electron chi connectivity index (χ0n) is 11.6. The van der Waals surface area contributed by atoms with Crippen LogP contribution in [0.2, 0.25) is 10.0 Å². The van der Waals surface area contributed by atoms with Crippen LogP contribution >= 0.6 is 23.2 Å². The Morgan fingerprint density at radius 2 is 2.10 bits per heavy atom. The first-order valence-corrected chi connectivity index (χ1v) is 7.61. The predicted octanol–water partition coefficient (Wildman–Crippen LogP) is 4.39. The number of Topliss-reactive ketones (excluding diaryl/α,β-unsaturated/α-hetero) is 1. The molecule has 20 heavy (non-hydrogen) atoms. The van der Waals surface area contributed by atoms with Gasteiger partial charge in [0.15, 0.2) is 5.78 Å². The first-order chi connectivity index (χ1) is 9.58. The second-order valence-corrected chi connectivity index (χ2v) is 5.59. The van der Waals surface area contributed by atoms with Crippen LogP contribution in [0.15, 0.2) is 12.1 Å². The van der Waals surface area contributed by atoms with Gasteiger partial charge in [0.1, 0.15) is 5.75 Å². The highest BCUT2D eigenvalue weighted by molar-refractivity contribution is 6.37. The Morgan fingerprint density at radius 1 is 1.35 bits per heavy atom. The van der Waals surface area contributed by atoms with Crippen molar-refractivity contribution in [1.29, 1.82) is 0 Å². The molecule has 2 rings (SSSR count). The molecule has 0 spiro atoms. The van der Waals surface area contributed by atoms with Gasteiger partial charge in [-0.1, -0.05) is 30.1 Å². The molecule has 1 saturated heterocycles. The van der Waals surface area contributed by atoms with Gasteiger partial charge in [0.2, 0.25) is 0 Å². The summed E-state index contributed by atoms with van der Waals surface area (Å²) in [6, 6.07) is 3.21. The van der Waals surface area contributed by atoms with Crippen LogP contribution in [0.25, 0.3) is 0 Å². The second-order valence-electron chi connectivity index (χ2n) is 4.77. The van der Waals surface area contributed by atoms with Crippen molar-refractivity contribution >= 4 is 29.0 Å². The number of halogens is 2. The molecule has 1 aliphatic heterocycles. The van der Waals surface area contributed by atoms with E-state index in [9.17, 15) is 4.79 Å². The van der Waals surface area contributed by atoms with Gasteiger partial charge < -0.3 is 9.47 Å². The van der Waals surface area contributed by atoms with Gasteiger partial charge in [-0.3, -0.25) is 4.79 Å². The van der Waals surface area contributed by atoms with Gasteiger partial charge in [-0.2, -0.15) is 0 Å². The van der Waals surface area contributed by atoms with Gasteiger partial charge in [0.25, 0.3) is 0 Å². The van der Waals surface area contributed by atoms with Crippen molar-refractivity contribution in [2.45, 2.75) is 32.8 Å². The minimum absolute atomic E-state index is 0.00398. The molecule has 0 N–H and O–H groups in total. The van der Waals surface area contributed by atoms with Gasteiger partial charge in [-0.25, -0.2) is 0 Å². The third kappa shape index (κ3) is 3.11. The molecule has 2 atom stereocenters. The molecule has 5 heteroatoms. The van der Waals surface area contributed by atoms with Gasteiger partial charge in [0, 0.05) is 18.2 Å². The zero-order chi connectivity index (χ0) is 14.7. The molecular formula is C15H18Cl2O3. The molecule has 3 nitrogen and oxygen atoms in total. The van der Waals surface area contributed by atoms with E-state index in [1.165, 1.54) is 0 Å². The maximum Gasteiger partial charge on any atom is 0.170 e. The smallest absolute Gasteiger partial charge is 0.170 e. The second kappa shape index (κ2) is 6.79. The SMILES string of the molecule is CCOc1cc(Cl)c(C(=O)C2CCOC2CC)cc1Cl. The molecule has 1 aromatic carbocycles. The van der Waals surface area contributed by atoms with E-state index in [4.69, 9.17) is 32.7 Å². The Labute approximate surface area is 129 Å². The molecule has 1 aliphatic rings. The average Bonchev–Trinajstić information content (AvgIpc) is 2.90. The normalized spacial score (nSPS) is 22.0. The molecule has 0 saturated carbocycles. The Balaban J connectivity index is 2.28. The van der Waals surface area contributed by atoms with Crippen molar-refractivity contribution in [1.82, 2.24) is 0 Å². The number of carbonyl (C=O) groups excluding carboxylic acids is 1. The van der Waals surface area contributed by atoms with E-state index in [1.54, 1.807) is 12.1 Å². The number of hydrogen-bond donors (Lipinski definition) is 0. The molecule has 1 aromatic rings. The lowest BCUT2D eigenvalue weighted by molar-refractivity contribution is 0.0689. The standard InChI is InChI=1S/C15H18Cl2O3/c1-3-13-9(5-6-20-13)15(18)10-7-12(17)14(19-4-2)8-11(10)16/h7-9,13H,3-6H2,1-2H3. The third-order valence-corrected chi connectivity index (χ3v) is 4.14. The summed E-state index contributed by atoms with van der Waals surface area (Å²) in [5.41, 5.74) is 0.453. The van der Waals surface area contributed by atoms with E-state index in [0.717, 1.165) is 12.8 Å². The Bertz CT molecular complexity index is 502. The molecule has 0 aromatic heterocycles. The van der Waals surface area contributed by atoms with Crippen LogP contribution in [-0.2, 0) is 4.74 Å². The van der Waals surface area contributed by atoms with Crippen molar-refractivity contribution in [3.63, 3.8) is 0 Å². The van der Waals surface area contributed by atoms with E-state index in [0.29, 0.717) is 34.6 Å². The van der Waals surface area contributed by atoms with Crippen LogP contribution in [0.5, 0.6) is 5.75 Å². The van der Waals surface area contributed by atoms with Crippen LogP contribution < -0.4 is 4.74 Å². The molecule has 110 valence electrons. The van der Waals surface area contributed by atoms with Crippen molar-refractivity contribution in [2.24, 2.45) is 5.92 Å². The number of rotatable bonds is 5. The molecule has 0 aliphatic carbocycles. The first-order valence-electron chi connectivity index (χ1n) is 6.86. The highest BCUT2D eigenvalue weighted by atomic mass is 35.5. The van der Waals surface area contributed by atoms with Crippen LogP contribution in [0.3, 0.4) is 0 Å². The lowest BCUT2D eigenvalue weighted by Gasteiger charge is -2.17. The van der Waals surface area contributed by atoms with Gasteiger partial charge in [-0.05, 0) is 25.8 Å². The van der Waals surface area contributed by atoms with Crippen LogP contribution in [0, 0.1) is 5.92 Å². The van der Waals surface area contributed by atoms with Gasteiger partial charge in [0.05, 0.1) is 28.7 Å². The van der Waals surface area contributed by atoms with Crippen molar-refractivity contribution in [3.8, 4) is 5.75 Å². The molecule has 0 amide bonds. The number of ketones is 1. The Hall–Kier alpha value is -0.770. The van der Waals surface area contributed by atoms with Crippen molar-refractivity contribution < 1.29 is 14.3 Å². The lowest BCUT2D eigenvalue weighted by Crippen LogP contribution is -2.24. The maximum atomic E-state index is 12.6. The summed E-state index contributed by atoms with van der Waals surface area (Å²) >= 11 is 12.3. The van der Waals surface area contributed by atoms with Gasteiger partial charge >= 0.3 is 0 Å². The van der Waals surface area contributed by atoms with Crippen molar-refractivity contribution in [2.75, 3.05) is 13.2 Å². The Kier molecular flexibility index (Phi) is 5.30. The predicted molar refractivity (Wildman–Crippen MR) is 80.1 cm³/mol. The highest BCUT2D eigenvalue weighted by Gasteiger charge is 2.34. The fourth-order valence-corrected chi connectivity index (χ4v) is 3.00. The van der Waals surface area contributed by atoms with E-state index in [1.807, 2.05) is 13.8 Å². The molecule has 0 radical (unpaired) electrons. The van der Waals surface area contributed by atoms with E-state index >= 15 is 0 Å². The summed E-state index contributed by atoms with van der Waals surface area (Å²) < 4.78 is 10.9. The summed E-state index contributed by atoms with van der Waals surface area (Å²) in [7, 11) is 0. The molecular weight excluding hydrogens is 299 g/mol. The summed E-state index contributed by atoms with van der Waals surface area (Å²) in [6.45, 7) is 5.00. The summed E-state index contributed by atoms with van der Waals surface area (Å²) in [4.78, 5) is 12.6. The number of ether oxygens (including phenoxy) is 2. The summed E-state index contributed by atoms with van der Waals surface area (Å²) in [5.74, 6) is 0.376. The van der Waals surface area contributed by atoms with Crippen LogP contribution in [-0.4, -0.2) is 25.1 Å². The fraction of sp³-hybridized carbons (Fsp3) is 0.533.